The molecule has 0 spiro atoms. The lowest BCUT2D eigenvalue weighted by Crippen LogP contribution is -2.37. The summed E-state index contributed by atoms with van der Waals surface area (Å²) in [6.07, 6.45) is 4.04. The van der Waals surface area contributed by atoms with Gasteiger partial charge < -0.3 is 15.4 Å². The Morgan fingerprint density at radius 2 is 2.47 bits per heavy atom. The van der Waals surface area contributed by atoms with Gasteiger partial charge in [-0.2, -0.15) is 0 Å². The van der Waals surface area contributed by atoms with Crippen LogP contribution >= 0.6 is 11.8 Å². The number of nitrogens with zero attached hydrogens (tertiary/aromatic N) is 3. The second-order valence-corrected chi connectivity index (χ2v) is 5.18. The molecule has 6 heteroatoms. The van der Waals surface area contributed by atoms with Crippen molar-refractivity contribution in [2.75, 3.05) is 6.61 Å². The Kier molecular flexibility index (Phi) is 3.28. The lowest BCUT2D eigenvalue weighted by atomic mass is 10.1. The van der Waals surface area contributed by atoms with E-state index < -0.39 is 0 Å². The summed E-state index contributed by atoms with van der Waals surface area (Å²) in [7, 11) is 1.89. The number of aryl methyl sites for hydroxylation is 1. The van der Waals surface area contributed by atoms with E-state index in [2.05, 4.69) is 10.2 Å². The van der Waals surface area contributed by atoms with E-state index >= 15 is 0 Å². The molecular weight excluding hydrogens is 212 g/mol. The van der Waals surface area contributed by atoms with Gasteiger partial charge in [0.05, 0.1) is 11.9 Å². The van der Waals surface area contributed by atoms with Crippen molar-refractivity contribution in [1.29, 1.82) is 0 Å². The Morgan fingerprint density at radius 1 is 1.73 bits per heavy atom. The Labute approximate surface area is 93.1 Å². The minimum Gasteiger partial charge on any atom is -0.395 e. The molecule has 15 heavy (non-hydrogen) atoms. The van der Waals surface area contributed by atoms with Gasteiger partial charge in [0, 0.05) is 13.1 Å². The van der Waals surface area contributed by atoms with Gasteiger partial charge in [0.25, 0.3) is 0 Å². The zero-order valence-electron chi connectivity index (χ0n) is 8.71. The molecule has 1 aliphatic rings. The number of aliphatic hydroxyl groups excluding tert-OH is 1. The van der Waals surface area contributed by atoms with Gasteiger partial charge in [-0.1, -0.05) is 11.8 Å². The molecule has 0 aromatic carbocycles. The van der Waals surface area contributed by atoms with Crippen LogP contribution < -0.4 is 5.73 Å². The molecule has 2 rings (SSSR count). The molecular formula is C9H16N4OS. The van der Waals surface area contributed by atoms with Crippen molar-refractivity contribution in [3.05, 3.63) is 6.33 Å². The second kappa shape index (κ2) is 4.51. The molecule has 0 aliphatic heterocycles. The summed E-state index contributed by atoms with van der Waals surface area (Å²) in [4.78, 5) is 0. The van der Waals surface area contributed by atoms with Crippen molar-refractivity contribution in [2.24, 2.45) is 18.7 Å². The van der Waals surface area contributed by atoms with Crippen molar-refractivity contribution in [1.82, 2.24) is 14.8 Å². The Morgan fingerprint density at radius 3 is 2.93 bits per heavy atom. The van der Waals surface area contributed by atoms with Crippen LogP contribution in [0, 0.1) is 5.92 Å². The predicted molar refractivity (Wildman–Crippen MR) is 58.4 cm³/mol. The van der Waals surface area contributed by atoms with Crippen molar-refractivity contribution in [3.8, 4) is 0 Å². The highest BCUT2D eigenvalue weighted by atomic mass is 32.2. The number of hydrogen-bond donors (Lipinski definition) is 2. The number of thioether (sulfide) groups is 1. The van der Waals surface area contributed by atoms with Crippen molar-refractivity contribution >= 4 is 11.8 Å². The maximum absolute atomic E-state index is 9.30. The van der Waals surface area contributed by atoms with Gasteiger partial charge in [-0.3, -0.25) is 0 Å². The van der Waals surface area contributed by atoms with Gasteiger partial charge >= 0.3 is 0 Å². The Bertz CT molecular complexity index is 326. The van der Waals surface area contributed by atoms with Gasteiger partial charge in [-0.05, 0) is 18.8 Å². The van der Waals surface area contributed by atoms with Crippen LogP contribution in [0.1, 0.15) is 12.8 Å². The Hall–Kier alpha value is -0.590. The van der Waals surface area contributed by atoms with Crippen molar-refractivity contribution < 1.29 is 5.11 Å². The van der Waals surface area contributed by atoms with E-state index in [1.165, 1.54) is 24.6 Å². The summed E-state index contributed by atoms with van der Waals surface area (Å²) in [6.45, 7) is 0.0925. The maximum atomic E-state index is 9.30. The van der Waals surface area contributed by atoms with Crippen LogP contribution in [0.5, 0.6) is 0 Å². The maximum Gasteiger partial charge on any atom is 0.191 e. The molecule has 1 fully saturated rings. The quantitative estimate of drug-likeness (QED) is 0.694. The molecule has 1 saturated carbocycles. The highest BCUT2D eigenvalue weighted by molar-refractivity contribution is 7.99. The fourth-order valence-electron chi connectivity index (χ4n) is 1.54. The molecule has 5 nitrogen and oxygen atoms in total. The standard InChI is InChI=1S/C9H16N4OS/c1-13-5-11-12-9(13)15-7(4-14)8(10)6-2-3-6/h5-8,14H,2-4,10H2,1H3. The normalized spacial score (nSPS) is 20.2. The van der Waals surface area contributed by atoms with Crippen LogP contribution in [0.3, 0.4) is 0 Å². The van der Waals surface area contributed by atoms with Crippen LogP contribution in [0.15, 0.2) is 11.5 Å². The molecule has 1 heterocycles. The number of aliphatic hydroxyl groups is 1. The minimum atomic E-state index is 0.0281. The first-order valence-corrected chi connectivity index (χ1v) is 5.97. The number of hydrogen-bond acceptors (Lipinski definition) is 5. The summed E-state index contributed by atoms with van der Waals surface area (Å²) >= 11 is 1.51. The molecule has 3 N–H and O–H groups in total. The average molecular weight is 228 g/mol. The molecule has 2 atom stereocenters. The Balaban J connectivity index is 1.98. The third-order valence-corrected chi connectivity index (χ3v) is 4.05. The summed E-state index contributed by atoms with van der Waals surface area (Å²) in [5, 5.41) is 17.9. The van der Waals surface area contributed by atoms with E-state index in [0.717, 1.165) is 5.16 Å². The molecule has 84 valence electrons. The smallest absolute Gasteiger partial charge is 0.191 e. The van der Waals surface area contributed by atoms with E-state index in [-0.39, 0.29) is 17.9 Å². The fraction of sp³-hybridized carbons (Fsp3) is 0.778. The molecule has 0 amide bonds. The van der Waals surface area contributed by atoms with Crippen LogP contribution in [-0.2, 0) is 7.05 Å². The van der Waals surface area contributed by atoms with E-state index in [1.54, 1.807) is 6.33 Å². The van der Waals surface area contributed by atoms with Gasteiger partial charge in [0.15, 0.2) is 5.16 Å². The van der Waals surface area contributed by atoms with Gasteiger partial charge in [-0.25, -0.2) is 0 Å². The van der Waals surface area contributed by atoms with Crippen LogP contribution in [0.4, 0.5) is 0 Å². The molecule has 1 aromatic heterocycles. The molecule has 1 aliphatic carbocycles. The first kappa shape index (κ1) is 10.9. The van der Waals surface area contributed by atoms with E-state index in [9.17, 15) is 5.11 Å². The molecule has 1 aromatic rings. The van der Waals surface area contributed by atoms with E-state index in [0.29, 0.717) is 5.92 Å². The SMILES string of the molecule is Cn1cnnc1SC(CO)C(N)C1CC1. The van der Waals surface area contributed by atoms with Crippen LogP contribution in [-0.4, -0.2) is 37.8 Å². The summed E-state index contributed by atoms with van der Waals surface area (Å²) in [5.41, 5.74) is 6.06. The number of nitrogens with two attached hydrogens (primary N) is 1. The molecule has 2 unspecified atom stereocenters. The van der Waals surface area contributed by atoms with E-state index in [4.69, 9.17) is 5.73 Å². The summed E-state index contributed by atoms with van der Waals surface area (Å²) in [5.74, 6) is 0.586. The largest absolute Gasteiger partial charge is 0.395 e. The number of rotatable bonds is 5. The highest BCUT2D eigenvalue weighted by Crippen LogP contribution is 2.37. The third-order valence-electron chi connectivity index (χ3n) is 2.70. The minimum absolute atomic E-state index is 0.0281. The molecule has 0 saturated heterocycles. The lowest BCUT2D eigenvalue weighted by molar-refractivity contribution is 0.277. The van der Waals surface area contributed by atoms with Gasteiger partial charge in [0.1, 0.15) is 6.33 Å². The lowest BCUT2D eigenvalue weighted by Gasteiger charge is -2.20. The fourth-order valence-corrected chi connectivity index (χ4v) is 2.57. The van der Waals surface area contributed by atoms with Crippen LogP contribution in [0.2, 0.25) is 0 Å². The van der Waals surface area contributed by atoms with Crippen LogP contribution in [0.25, 0.3) is 0 Å². The second-order valence-electron chi connectivity index (χ2n) is 3.98. The van der Waals surface area contributed by atoms with Gasteiger partial charge in [0.2, 0.25) is 0 Å². The monoisotopic (exact) mass is 228 g/mol. The third kappa shape index (κ3) is 2.50. The van der Waals surface area contributed by atoms with Crippen molar-refractivity contribution in [2.45, 2.75) is 29.3 Å². The zero-order valence-corrected chi connectivity index (χ0v) is 9.52. The average Bonchev–Trinajstić information content (AvgIpc) is 3.00. The molecule has 0 radical (unpaired) electrons. The first-order chi connectivity index (χ1) is 7.22. The summed E-state index contributed by atoms with van der Waals surface area (Å²) < 4.78 is 1.84. The van der Waals surface area contributed by atoms with Gasteiger partial charge in [-0.15, -0.1) is 10.2 Å². The van der Waals surface area contributed by atoms with E-state index in [1.807, 2.05) is 11.6 Å². The predicted octanol–water partition coefficient (Wildman–Crippen LogP) is 0.00540. The zero-order chi connectivity index (χ0) is 10.8. The number of aromatic nitrogens is 3. The topological polar surface area (TPSA) is 77.0 Å². The first-order valence-electron chi connectivity index (χ1n) is 5.09. The summed E-state index contributed by atoms with van der Waals surface area (Å²) in [6, 6.07) is 0.0664. The molecule has 0 bridgehead atoms. The van der Waals surface area contributed by atoms with Crippen molar-refractivity contribution in [3.63, 3.8) is 0 Å². The highest BCUT2D eigenvalue weighted by Gasteiger charge is 2.34.